The van der Waals surface area contributed by atoms with Crippen molar-refractivity contribution < 1.29 is 4.79 Å². The van der Waals surface area contributed by atoms with Crippen molar-refractivity contribution in [3.8, 4) is 6.07 Å². The molecule has 0 fully saturated rings. The van der Waals surface area contributed by atoms with Gasteiger partial charge in [0.2, 0.25) is 0 Å². The van der Waals surface area contributed by atoms with Gasteiger partial charge >= 0.3 is 0 Å². The van der Waals surface area contributed by atoms with Crippen LogP contribution < -0.4 is 0 Å². The van der Waals surface area contributed by atoms with Crippen molar-refractivity contribution in [2.24, 2.45) is 0 Å². The lowest BCUT2D eigenvalue weighted by molar-refractivity contribution is 0.111. The summed E-state index contributed by atoms with van der Waals surface area (Å²) < 4.78 is 0. The summed E-state index contributed by atoms with van der Waals surface area (Å²) in [6.07, 6.45) is 0.602. The fourth-order valence-electron chi connectivity index (χ4n) is 1.31. The molecule has 0 radical (unpaired) electrons. The summed E-state index contributed by atoms with van der Waals surface area (Å²) in [5.41, 5.74) is 1.25. The Labute approximate surface area is 80.6 Å². The standard InChI is InChI=1S/C11H6N2O/c12-6-9-5-8-3-1-2-4-10(8)13-11(9)7-14/h1-5,7H. The highest BCUT2D eigenvalue weighted by atomic mass is 16.1. The van der Waals surface area contributed by atoms with Crippen LogP contribution in [0.5, 0.6) is 0 Å². The summed E-state index contributed by atoms with van der Waals surface area (Å²) in [7, 11) is 0. The number of hydrogen-bond donors (Lipinski definition) is 0. The Hall–Kier alpha value is -2.21. The molecule has 0 aliphatic heterocycles. The average Bonchev–Trinajstić information content (AvgIpc) is 2.27. The molecule has 0 aliphatic rings. The minimum Gasteiger partial charge on any atom is -0.296 e. The second-order valence-corrected chi connectivity index (χ2v) is 2.84. The fraction of sp³-hybridized carbons (Fsp3) is 0. The fourth-order valence-corrected chi connectivity index (χ4v) is 1.31. The largest absolute Gasteiger partial charge is 0.296 e. The Kier molecular flexibility index (Phi) is 1.96. The summed E-state index contributed by atoms with van der Waals surface area (Å²) in [5, 5.41) is 9.63. The SMILES string of the molecule is N#Cc1cc2ccccc2nc1C=O. The normalized spacial score (nSPS) is 9.64. The Bertz CT molecular complexity index is 540. The summed E-state index contributed by atoms with van der Waals surface area (Å²) >= 11 is 0. The predicted octanol–water partition coefficient (Wildman–Crippen LogP) is 1.92. The lowest BCUT2D eigenvalue weighted by atomic mass is 10.1. The quantitative estimate of drug-likeness (QED) is 0.633. The molecule has 14 heavy (non-hydrogen) atoms. The Balaban J connectivity index is 2.83. The summed E-state index contributed by atoms with van der Waals surface area (Å²) in [4.78, 5) is 14.7. The number of para-hydroxylation sites is 1. The van der Waals surface area contributed by atoms with E-state index >= 15 is 0 Å². The average molecular weight is 182 g/mol. The van der Waals surface area contributed by atoms with E-state index < -0.39 is 0 Å². The molecular weight excluding hydrogens is 176 g/mol. The van der Waals surface area contributed by atoms with Gasteiger partial charge in [0.05, 0.1) is 11.1 Å². The summed E-state index contributed by atoms with van der Waals surface area (Å²) in [6.45, 7) is 0. The van der Waals surface area contributed by atoms with Gasteiger partial charge in [-0.15, -0.1) is 0 Å². The van der Waals surface area contributed by atoms with Gasteiger partial charge in [0.25, 0.3) is 0 Å². The lowest BCUT2D eigenvalue weighted by Gasteiger charge is -1.98. The van der Waals surface area contributed by atoms with E-state index in [4.69, 9.17) is 5.26 Å². The van der Waals surface area contributed by atoms with Gasteiger partial charge in [0.1, 0.15) is 11.8 Å². The highest BCUT2D eigenvalue weighted by Gasteiger charge is 2.04. The smallest absolute Gasteiger partial charge is 0.169 e. The van der Waals surface area contributed by atoms with Gasteiger partial charge in [-0.25, -0.2) is 4.98 Å². The van der Waals surface area contributed by atoms with E-state index in [9.17, 15) is 4.79 Å². The molecule has 1 heterocycles. The van der Waals surface area contributed by atoms with Crippen molar-refractivity contribution in [2.45, 2.75) is 0 Å². The van der Waals surface area contributed by atoms with Gasteiger partial charge < -0.3 is 0 Å². The first kappa shape index (κ1) is 8.39. The number of fused-ring (bicyclic) bond motifs is 1. The number of benzene rings is 1. The third-order valence-electron chi connectivity index (χ3n) is 1.99. The van der Waals surface area contributed by atoms with Crippen LogP contribution in [-0.2, 0) is 0 Å². The Morgan fingerprint density at radius 1 is 1.36 bits per heavy atom. The van der Waals surface area contributed by atoms with Gasteiger partial charge in [0.15, 0.2) is 6.29 Å². The lowest BCUT2D eigenvalue weighted by Crippen LogP contribution is -1.93. The zero-order valence-electron chi connectivity index (χ0n) is 7.27. The van der Waals surface area contributed by atoms with Crippen LogP contribution >= 0.6 is 0 Å². The third kappa shape index (κ3) is 1.23. The zero-order valence-corrected chi connectivity index (χ0v) is 7.27. The van der Waals surface area contributed by atoms with Crippen LogP contribution in [0.25, 0.3) is 10.9 Å². The van der Waals surface area contributed by atoms with Gasteiger partial charge in [0, 0.05) is 5.39 Å². The number of nitrogens with zero attached hydrogens (tertiary/aromatic N) is 2. The molecule has 0 saturated heterocycles. The first-order valence-electron chi connectivity index (χ1n) is 4.10. The molecule has 1 aromatic carbocycles. The first-order valence-corrected chi connectivity index (χ1v) is 4.10. The molecule has 0 bridgehead atoms. The minimum atomic E-state index is 0.200. The molecule has 2 rings (SSSR count). The van der Waals surface area contributed by atoms with E-state index in [0.717, 1.165) is 10.9 Å². The molecule has 2 aromatic rings. The Morgan fingerprint density at radius 2 is 2.14 bits per heavy atom. The molecule has 0 saturated carbocycles. The molecule has 0 atom stereocenters. The number of rotatable bonds is 1. The van der Waals surface area contributed by atoms with Crippen molar-refractivity contribution in [1.82, 2.24) is 4.98 Å². The van der Waals surface area contributed by atoms with E-state index in [1.165, 1.54) is 0 Å². The van der Waals surface area contributed by atoms with Crippen LogP contribution in [0, 0.1) is 11.3 Å². The van der Waals surface area contributed by atoms with E-state index in [1.807, 2.05) is 30.3 Å². The molecule has 3 heteroatoms. The van der Waals surface area contributed by atoms with Crippen LogP contribution in [0.3, 0.4) is 0 Å². The predicted molar refractivity (Wildman–Crippen MR) is 51.8 cm³/mol. The topological polar surface area (TPSA) is 53.8 Å². The highest BCUT2D eigenvalue weighted by Crippen LogP contribution is 2.14. The van der Waals surface area contributed by atoms with Gasteiger partial charge in [-0.1, -0.05) is 18.2 Å². The molecule has 1 aromatic heterocycles. The second kappa shape index (κ2) is 3.27. The molecule has 0 amide bonds. The highest BCUT2D eigenvalue weighted by molar-refractivity contribution is 5.86. The number of aromatic nitrogens is 1. The molecule has 0 spiro atoms. The number of hydrogen-bond acceptors (Lipinski definition) is 3. The maximum Gasteiger partial charge on any atom is 0.169 e. The summed E-state index contributed by atoms with van der Waals surface area (Å²) in [6, 6.07) is 11.0. The van der Waals surface area contributed by atoms with E-state index in [0.29, 0.717) is 11.8 Å². The maximum atomic E-state index is 10.6. The second-order valence-electron chi connectivity index (χ2n) is 2.84. The minimum absolute atomic E-state index is 0.200. The molecule has 0 N–H and O–H groups in total. The molecule has 66 valence electrons. The molecular formula is C11H6N2O. The number of nitriles is 1. The van der Waals surface area contributed by atoms with Crippen molar-refractivity contribution in [1.29, 1.82) is 5.26 Å². The summed E-state index contributed by atoms with van der Waals surface area (Å²) in [5.74, 6) is 0. The maximum absolute atomic E-state index is 10.6. The number of carbonyl (C=O) groups is 1. The molecule has 0 unspecified atom stereocenters. The van der Waals surface area contributed by atoms with E-state index in [-0.39, 0.29) is 5.69 Å². The van der Waals surface area contributed by atoms with Crippen molar-refractivity contribution in [3.05, 3.63) is 41.6 Å². The van der Waals surface area contributed by atoms with Gasteiger partial charge in [-0.05, 0) is 12.1 Å². The molecule has 3 nitrogen and oxygen atoms in total. The van der Waals surface area contributed by atoms with Crippen molar-refractivity contribution >= 4 is 17.2 Å². The Morgan fingerprint density at radius 3 is 2.86 bits per heavy atom. The zero-order chi connectivity index (χ0) is 9.97. The van der Waals surface area contributed by atoms with Crippen LogP contribution in [0.1, 0.15) is 16.1 Å². The van der Waals surface area contributed by atoms with Crippen LogP contribution in [0.15, 0.2) is 30.3 Å². The molecule has 0 aliphatic carbocycles. The first-order chi connectivity index (χ1) is 6.85. The number of aldehydes is 1. The van der Waals surface area contributed by atoms with Gasteiger partial charge in [-0.3, -0.25) is 4.79 Å². The van der Waals surface area contributed by atoms with Crippen LogP contribution in [-0.4, -0.2) is 11.3 Å². The van der Waals surface area contributed by atoms with E-state index in [1.54, 1.807) is 6.07 Å². The van der Waals surface area contributed by atoms with Gasteiger partial charge in [-0.2, -0.15) is 5.26 Å². The monoisotopic (exact) mass is 182 g/mol. The van der Waals surface area contributed by atoms with Crippen molar-refractivity contribution in [3.63, 3.8) is 0 Å². The number of pyridine rings is 1. The van der Waals surface area contributed by atoms with Crippen LogP contribution in [0.4, 0.5) is 0 Å². The number of carbonyl (C=O) groups excluding carboxylic acids is 1. The van der Waals surface area contributed by atoms with Crippen molar-refractivity contribution in [2.75, 3.05) is 0 Å². The van der Waals surface area contributed by atoms with Crippen LogP contribution in [0.2, 0.25) is 0 Å². The third-order valence-corrected chi connectivity index (χ3v) is 1.99. The van der Waals surface area contributed by atoms with E-state index in [2.05, 4.69) is 4.98 Å².